The number of ketones is 1. The second-order valence-electron chi connectivity index (χ2n) is 4.00. The van der Waals surface area contributed by atoms with Crippen molar-refractivity contribution in [3.8, 4) is 0 Å². The molecule has 0 aromatic rings. The van der Waals surface area contributed by atoms with Crippen molar-refractivity contribution in [2.75, 3.05) is 13.2 Å². The van der Waals surface area contributed by atoms with Gasteiger partial charge in [-0.1, -0.05) is 12.7 Å². The predicted octanol–water partition coefficient (Wildman–Crippen LogP) is 1.57. The Balaban J connectivity index is 3.15. The van der Waals surface area contributed by atoms with Gasteiger partial charge in [0.15, 0.2) is 11.7 Å². The fraction of sp³-hybridized carbons (Fsp3) is 0.500. The average Bonchev–Trinajstić information content (AvgIpc) is 2.72. The van der Waals surface area contributed by atoms with Crippen molar-refractivity contribution in [3.63, 3.8) is 0 Å². The minimum Gasteiger partial charge on any atom is -0.465 e. The van der Waals surface area contributed by atoms with Gasteiger partial charge in [-0.05, 0) is 25.8 Å². The Morgan fingerprint density at radius 3 is 2.16 bits per heavy atom. The van der Waals surface area contributed by atoms with Gasteiger partial charge in [0.25, 0.3) is 0 Å². The van der Waals surface area contributed by atoms with E-state index in [-0.39, 0.29) is 31.0 Å². The molecular weight excluding hydrogens is 248 g/mol. The third kappa shape index (κ3) is 3.30. The van der Waals surface area contributed by atoms with E-state index in [0.717, 1.165) is 0 Å². The van der Waals surface area contributed by atoms with Crippen LogP contribution in [0.15, 0.2) is 23.8 Å². The van der Waals surface area contributed by atoms with E-state index in [1.165, 1.54) is 6.08 Å². The van der Waals surface area contributed by atoms with E-state index in [9.17, 15) is 14.4 Å². The molecule has 1 rings (SSSR count). The van der Waals surface area contributed by atoms with Crippen molar-refractivity contribution in [1.29, 1.82) is 0 Å². The van der Waals surface area contributed by atoms with Gasteiger partial charge in [-0.15, -0.1) is 0 Å². The quantitative estimate of drug-likeness (QED) is 0.539. The third-order valence-electron chi connectivity index (χ3n) is 2.85. The molecule has 1 aliphatic carbocycles. The SMILES string of the molecule is C=CC1=C(C(C(=O)OCC)C(=O)OCC)C(=O)CC1. The zero-order valence-electron chi connectivity index (χ0n) is 11.2. The fourth-order valence-corrected chi connectivity index (χ4v) is 2.04. The van der Waals surface area contributed by atoms with Crippen LogP contribution in [0, 0.1) is 5.92 Å². The van der Waals surface area contributed by atoms with E-state index >= 15 is 0 Å². The predicted molar refractivity (Wildman–Crippen MR) is 68.2 cm³/mol. The first-order valence-corrected chi connectivity index (χ1v) is 6.28. The Hall–Kier alpha value is -1.91. The molecule has 0 bridgehead atoms. The van der Waals surface area contributed by atoms with Crippen LogP contribution in [0.3, 0.4) is 0 Å². The number of hydrogen-bond acceptors (Lipinski definition) is 5. The molecule has 0 aromatic heterocycles. The highest BCUT2D eigenvalue weighted by molar-refractivity contribution is 6.11. The van der Waals surface area contributed by atoms with Crippen LogP contribution in [0.4, 0.5) is 0 Å². The lowest BCUT2D eigenvalue weighted by Crippen LogP contribution is -2.32. The van der Waals surface area contributed by atoms with Crippen LogP contribution in [0.2, 0.25) is 0 Å². The van der Waals surface area contributed by atoms with E-state index in [1.54, 1.807) is 13.8 Å². The Labute approximate surface area is 112 Å². The van der Waals surface area contributed by atoms with Gasteiger partial charge in [0, 0.05) is 12.0 Å². The van der Waals surface area contributed by atoms with E-state index in [1.807, 2.05) is 0 Å². The normalized spacial score (nSPS) is 14.8. The largest absolute Gasteiger partial charge is 0.465 e. The minimum absolute atomic E-state index is 0.139. The Morgan fingerprint density at radius 2 is 1.74 bits per heavy atom. The summed E-state index contributed by atoms with van der Waals surface area (Å²) in [7, 11) is 0. The molecule has 0 atom stereocenters. The van der Waals surface area contributed by atoms with E-state index < -0.39 is 17.9 Å². The molecule has 19 heavy (non-hydrogen) atoms. The number of ether oxygens (including phenoxy) is 2. The third-order valence-corrected chi connectivity index (χ3v) is 2.85. The van der Waals surface area contributed by atoms with Crippen molar-refractivity contribution in [2.45, 2.75) is 26.7 Å². The number of carbonyl (C=O) groups excluding carboxylic acids is 3. The van der Waals surface area contributed by atoms with Crippen molar-refractivity contribution in [3.05, 3.63) is 23.8 Å². The molecule has 1 aliphatic rings. The van der Waals surface area contributed by atoms with Gasteiger partial charge in [0.1, 0.15) is 0 Å². The van der Waals surface area contributed by atoms with E-state index in [0.29, 0.717) is 12.0 Å². The molecule has 0 fully saturated rings. The number of Topliss-reactive ketones (excluding diaryl/α,β-unsaturated/α-hetero) is 1. The summed E-state index contributed by atoms with van der Waals surface area (Å²) in [6, 6.07) is 0. The van der Waals surface area contributed by atoms with Crippen molar-refractivity contribution >= 4 is 17.7 Å². The number of hydrogen-bond donors (Lipinski definition) is 0. The van der Waals surface area contributed by atoms with Crippen LogP contribution in [0.1, 0.15) is 26.7 Å². The maximum Gasteiger partial charge on any atom is 0.325 e. The zero-order valence-corrected chi connectivity index (χ0v) is 11.2. The van der Waals surface area contributed by atoms with Crippen LogP contribution in [0.5, 0.6) is 0 Å². The molecule has 0 saturated heterocycles. The van der Waals surface area contributed by atoms with Gasteiger partial charge < -0.3 is 9.47 Å². The van der Waals surface area contributed by atoms with E-state index in [4.69, 9.17) is 9.47 Å². The Morgan fingerprint density at radius 1 is 1.21 bits per heavy atom. The van der Waals surface area contributed by atoms with Gasteiger partial charge in [-0.25, -0.2) is 0 Å². The standard InChI is InChI=1S/C14H18O5/c1-4-9-7-8-10(15)11(9)12(13(16)18-5-2)14(17)19-6-3/h4,12H,1,5-8H2,2-3H3. The summed E-state index contributed by atoms with van der Waals surface area (Å²) in [5.74, 6) is -3.00. The van der Waals surface area contributed by atoms with E-state index in [2.05, 4.69) is 6.58 Å². The van der Waals surface area contributed by atoms with Gasteiger partial charge in [-0.2, -0.15) is 0 Å². The molecular formula is C14H18O5. The highest BCUT2D eigenvalue weighted by Gasteiger charge is 2.40. The van der Waals surface area contributed by atoms with Crippen molar-refractivity contribution < 1.29 is 23.9 Å². The fourth-order valence-electron chi connectivity index (χ4n) is 2.04. The lowest BCUT2D eigenvalue weighted by molar-refractivity contribution is -0.160. The monoisotopic (exact) mass is 266 g/mol. The Bertz CT molecular complexity index is 415. The minimum atomic E-state index is -1.29. The summed E-state index contributed by atoms with van der Waals surface area (Å²) in [5.41, 5.74) is 0.794. The van der Waals surface area contributed by atoms with Gasteiger partial charge >= 0.3 is 11.9 Å². The van der Waals surface area contributed by atoms with Crippen molar-refractivity contribution in [1.82, 2.24) is 0 Å². The molecule has 0 radical (unpaired) electrons. The average molecular weight is 266 g/mol. The number of rotatable bonds is 6. The highest BCUT2D eigenvalue weighted by atomic mass is 16.6. The maximum atomic E-state index is 11.9. The number of esters is 2. The molecule has 0 saturated carbocycles. The van der Waals surface area contributed by atoms with Crippen LogP contribution in [-0.4, -0.2) is 30.9 Å². The molecule has 0 heterocycles. The second-order valence-corrected chi connectivity index (χ2v) is 4.00. The second kappa shape index (κ2) is 6.87. The number of allylic oxidation sites excluding steroid dienone is 2. The summed E-state index contributed by atoms with van der Waals surface area (Å²) < 4.78 is 9.73. The summed E-state index contributed by atoms with van der Waals surface area (Å²) in [6.07, 6.45) is 2.28. The molecule has 0 amide bonds. The first kappa shape index (κ1) is 15.1. The van der Waals surface area contributed by atoms with Gasteiger partial charge in [0.05, 0.1) is 13.2 Å². The molecule has 0 aliphatic heterocycles. The Kier molecular flexibility index (Phi) is 5.48. The maximum absolute atomic E-state index is 11.9. The lowest BCUT2D eigenvalue weighted by Gasteiger charge is -2.15. The van der Waals surface area contributed by atoms with Crippen molar-refractivity contribution in [2.24, 2.45) is 5.92 Å². The first-order chi connectivity index (χ1) is 9.06. The highest BCUT2D eigenvalue weighted by Crippen LogP contribution is 2.31. The molecule has 0 spiro atoms. The van der Waals surface area contributed by atoms with Crippen LogP contribution in [0.25, 0.3) is 0 Å². The van der Waals surface area contributed by atoms with Crippen LogP contribution in [-0.2, 0) is 23.9 Å². The van der Waals surface area contributed by atoms with Gasteiger partial charge in [0.2, 0.25) is 0 Å². The zero-order chi connectivity index (χ0) is 14.4. The van der Waals surface area contributed by atoms with Crippen LogP contribution < -0.4 is 0 Å². The lowest BCUT2D eigenvalue weighted by atomic mass is 9.94. The van der Waals surface area contributed by atoms with Crippen LogP contribution >= 0.6 is 0 Å². The van der Waals surface area contributed by atoms with Gasteiger partial charge in [-0.3, -0.25) is 14.4 Å². The molecule has 0 N–H and O–H groups in total. The summed E-state index contributed by atoms with van der Waals surface area (Å²) in [5, 5.41) is 0. The summed E-state index contributed by atoms with van der Waals surface area (Å²) >= 11 is 0. The first-order valence-electron chi connectivity index (χ1n) is 6.28. The molecule has 104 valence electrons. The molecule has 5 nitrogen and oxygen atoms in total. The summed E-state index contributed by atoms with van der Waals surface area (Å²) in [4.78, 5) is 35.7. The molecule has 0 unspecified atom stereocenters. The molecule has 5 heteroatoms. The summed E-state index contributed by atoms with van der Waals surface area (Å²) in [6.45, 7) is 7.16. The smallest absolute Gasteiger partial charge is 0.325 e. The molecule has 0 aromatic carbocycles. The number of carbonyl (C=O) groups is 3. The topological polar surface area (TPSA) is 69.7 Å².